The molecule has 29 heavy (non-hydrogen) atoms. The van der Waals surface area contributed by atoms with Gasteiger partial charge >= 0.3 is 0 Å². The zero-order chi connectivity index (χ0) is 20.2. The van der Waals surface area contributed by atoms with Crippen molar-refractivity contribution in [2.24, 2.45) is 0 Å². The highest BCUT2D eigenvalue weighted by Gasteiger charge is 2.25. The molecule has 2 aromatic carbocycles. The van der Waals surface area contributed by atoms with Gasteiger partial charge in [0.2, 0.25) is 0 Å². The summed E-state index contributed by atoms with van der Waals surface area (Å²) in [5.41, 5.74) is 0. The fourth-order valence-corrected chi connectivity index (χ4v) is 3.75. The van der Waals surface area contributed by atoms with Crippen LogP contribution in [0.1, 0.15) is 12.8 Å². The number of nitrogens with zero attached hydrogens (tertiary/aromatic N) is 3. The van der Waals surface area contributed by atoms with Crippen molar-refractivity contribution in [2.45, 2.75) is 18.9 Å². The second-order valence-corrected chi connectivity index (χ2v) is 6.94. The van der Waals surface area contributed by atoms with Crippen LogP contribution in [0.2, 0.25) is 0 Å². The number of rotatable bonds is 6. The van der Waals surface area contributed by atoms with Crippen LogP contribution in [0.15, 0.2) is 42.6 Å². The Morgan fingerprint density at radius 2 is 1.66 bits per heavy atom. The highest BCUT2D eigenvalue weighted by molar-refractivity contribution is 5.94. The van der Waals surface area contributed by atoms with E-state index < -0.39 is 0 Å². The summed E-state index contributed by atoms with van der Waals surface area (Å²) in [5.74, 6) is 3.68. The number of hydrogen-bond acceptors (Lipinski definition) is 7. The van der Waals surface area contributed by atoms with Crippen molar-refractivity contribution < 1.29 is 18.9 Å². The third kappa shape index (κ3) is 3.85. The minimum Gasteiger partial charge on any atom is -0.493 e. The maximum Gasteiger partial charge on any atom is 0.161 e. The monoisotopic (exact) mass is 395 g/mol. The zero-order valence-electron chi connectivity index (χ0n) is 16.9. The molecule has 1 unspecified atom stereocenters. The van der Waals surface area contributed by atoms with E-state index >= 15 is 0 Å². The third-order valence-corrected chi connectivity index (χ3v) is 5.19. The summed E-state index contributed by atoms with van der Waals surface area (Å²) in [6, 6.07) is 11.6. The summed E-state index contributed by atoms with van der Waals surface area (Å²) in [6.07, 6.45) is 3.76. The molecule has 0 aliphatic carbocycles. The molecule has 152 valence electrons. The lowest BCUT2D eigenvalue weighted by Crippen LogP contribution is -2.41. The summed E-state index contributed by atoms with van der Waals surface area (Å²) < 4.78 is 22.6. The Kier molecular flexibility index (Phi) is 5.55. The van der Waals surface area contributed by atoms with Crippen LogP contribution in [0.4, 0.5) is 5.82 Å². The first-order valence-electron chi connectivity index (χ1n) is 9.65. The normalized spacial score (nSPS) is 16.5. The predicted molar refractivity (Wildman–Crippen MR) is 111 cm³/mol. The Morgan fingerprint density at radius 3 is 2.41 bits per heavy atom. The number of methoxy groups -OCH3 is 3. The van der Waals surface area contributed by atoms with Gasteiger partial charge in [0, 0.05) is 17.3 Å². The van der Waals surface area contributed by atoms with Crippen LogP contribution in [0.3, 0.4) is 0 Å². The quantitative estimate of drug-likeness (QED) is 0.630. The molecular formula is C22H25N3O4. The van der Waals surface area contributed by atoms with E-state index in [0.29, 0.717) is 11.5 Å². The van der Waals surface area contributed by atoms with E-state index in [4.69, 9.17) is 18.9 Å². The van der Waals surface area contributed by atoms with Crippen molar-refractivity contribution in [1.82, 2.24) is 10.2 Å². The van der Waals surface area contributed by atoms with E-state index in [-0.39, 0.29) is 6.10 Å². The van der Waals surface area contributed by atoms with Gasteiger partial charge in [-0.1, -0.05) is 12.1 Å². The molecule has 0 spiro atoms. The standard InChI is InChI=1S/C22H25N3O4/c1-26-18-8-4-5-9-19(18)29-16-7-6-10-25(14-16)22-17-12-21(28-3)20(27-2)11-15(17)13-23-24-22/h4-5,8-9,11-13,16H,6-7,10,14H2,1-3H3. The molecule has 0 bridgehead atoms. The second kappa shape index (κ2) is 8.43. The van der Waals surface area contributed by atoms with Crippen molar-refractivity contribution in [3.63, 3.8) is 0 Å². The van der Waals surface area contributed by atoms with Crippen molar-refractivity contribution in [2.75, 3.05) is 39.3 Å². The molecule has 7 nitrogen and oxygen atoms in total. The van der Waals surface area contributed by atoms with Crippen molar-refractivity contribution in [1.29, 1.82) is 0 Å². The molecule has 7 heteroatoms. The number of para-hydroxylation sites is 2. The SMILES string of the molecule is COc1cc2cnnc(N3CCCC(Oc4ccccc4OC)C3)c2cc1OC. The summed E-state index contributed by atoms with van der Waals surface area (Å²) in [5, 5.41) is 10.6. The van der Waals surface area contributed by atoms with Gasteiger partial charge in [0.25, 0.3) is 0 Å². The molecule has 1 fully saturated rings. The van der Waals surface area contributed by atoms with Crippen molar-refractivity contribution in [3.8, 4) is 23.0 Å². The lowest BCUT2D eigenvalue weighted by Gasteiger charge is -2.34. The lowest BCUT2D eigenvalue weighted by atomic mass is 10.1. The first-order valence-corrected chi connectivity index (χ1v) is 9.65. The highest BCUT2D eigenvalue weighted by Crippen LogP contribution is 2.36. The van der Waals surface area contributed by atoms with E-state index in [2.05, 4.69) is 15.1 Å². The Labute approximate surface area is 170 Å². The third-order valence-electron chi connectivity index (χ3n) is 5.19. The molecule has 1 aromatic heterocycles. The number of hydrogen-bond donors (Lipinski definition) is 0. The minimum atomic E-state index is 0.0391. The molecule has 1 atom stereocenters. The first kappa shape index (κ1) is 19.1. The van der Waals surface area contributed by atoms with E-state index in [0.717, 1.165) is 54.0 Å². The highest BCUT2D eigenvalue weighted by atomic mass is 16.5. The molecule has 1 aliphatic heterocycles. The summed E-state index contributed by atoms with van der Waals surface area (Å²) >= 11 is 0. The van der Waals surface area contributed by atoms with Crippen LogP contribution < -0.4 is 23.8 Å². The second-order valence-electron chi connectivity index (χ2n) is 6.94. The zero-order valence-corrected chi connectivity index (χ0v) is 16.9. The molecule has 0 radical (unpaired) electrons. The smallest absolute Gasteiger partial charge is 0.161 e. The average Bonchev–Trinajstić information content (AvgIpc) is 2.78. The van der Waals surface area contributed by atoms with Crippen molar-refractivity contribution >= 4 is 16.6 Å². The number of fused-ring (bicyclic) bond motifs is 1. The molecular weight excluding hydrogens is 370 g/mol. The van der Waals surface area contributed by atoms with E-state index in [1.54, 1.807) is 27.5 Å². The summed E-state index contributed by atoms with van der Waals surface area (Å²) in [6.45, 7) is 1.62. The Balaban J connectivity index is 1.62. The Bertz CT molecular complexity index is 995. The number of ether oxygens (including phenoxy) is 4. The Hall–Kier alpha value is -3.22. The van der Waals surface area contributed by atoms with Crippen LogP contribution in [-0.2, 0) is 0 Å². The molecule has 1 saturated heterocycles. The largest absolute Gasteiger partial charge is 0.493 e. The average molecular weight is 395 g/mol. The fraction of sp³-hybridized carbons (Fsp3) is 0.364. The van der Waals surface area contributed by atoms with E-state index in [9.17, 15) is 0 Å². The molecule has 2 heterocycles. The van der Waals surface area contributed by atoms with Gasteiger partial charge < -0.3 is 23.8 Å². The van der Waals surface area contributed by atoms with Crippen LogP contribution in [-0.4, -0.2) is 50.7 Å². The van der Waals surface area contributed by atoms with E-state index in [1.165, 1.54) is 0 Å². The topological polar surface area (TPSA) is 65.9 Å². The van der Waals surface area contributed by atoms with Gasteiger partial charge in [-0.3, -0.25) is 0 Å². The lowest BCUT2D eigenvalue weighted by molar-refractivity contribution is 0.172. The predicted octanol–water partition coefficient (Wildman–Crippen LogP) is 3.70. The van der Waals surface area contributed by atoms with Crippen LogP contribution in [0.25, 0.3) is 10.8 Å². The Morgan fingerprint density at radius 1 is 0.931 bits per heavy atom. The molecule has 0 saturated carbocycles. The molecule has 1 aliphatic rings. The summed E-state index contributed by atoms with van der Waals surface area (Å²) in [7, 11) is 4.92. The minimum absolute atomic E-state index is 0.0391. The maximum atomic E-state index is 6.26. The van der Waals surface area contributed by atoms with Crippen LogP contribution >= 0.6 is 0 Å². The van der Waals surface area contributed by atoms with E-state index in [1.807, 2.05) is 36.4 Å². The van der Waals surface area contributed by atoms with Gasteiger partial charge in [-0.05, 0) is 37.1 Å². The number of piperidine rings is 1. The molecule has 4 rings (SSSR count). The molecule has 3 aromatic rings. The summed E-state index contributed by atoms with van der Waals surface area (Å²) in [4.78, 5) is 2.23. The van der Waals surface area contributed by atoms with Gasteiger partial charge in [-0.15, -0.1) is 5.10 Å². The number of benzene rings is 2. The number of anilines is 1. The van der Waals surface area contributed by atoms with Gasteiger partial charge in [0.05, 0.1) is 34.1 Å². The van der Waals surface area contributed by atoms with Gasteiger partial charge in [-0.2, -0.15) is 5.10 Å². The molecule has 0 N–H and O–H groups in total. The van der Waals surface area contributed by atoms with Crippen molar-refractivity contribution in [3.05, 3.63) is 42.6 Å². The number of aromatic nitrogens is 2. The maximum absolute atomic E-state index is 6.26. The fourth-order valence-electron chi connectivity index (χ4n) is 3.75. The van der Waals surface area contributed by atoms with Gasteiger partial charge in [-0.25, -0.2) is 0 Å². The molecule has 0 amide bonds. The van der Waals surface area contributed by atoms with Crippen LogP contribution in [0, 0.1) is 0 Å². The van der Waals surface area contributed by atoms with Gasteiger partial charge in [0.1, 0.15) is 6.10 Å². The first-order chi connectivity index (χ1) is 14.2. The van der Waals surface area contributed by atoms with Gasteiger partial charge in [0.15, 0.2) is 28.8 Å². The van der Waals surface area contributed by atoms with Crippen LogP contribution in [0.5, 0.6) is 23.0 Å².